The average molecular weight is 239 g/mol. The Morgan fingerprint density at radius 3 is 2.82 bits per heavy atom. The van der Waals surface area contributed by atoms with Gasteiger partial charge < -0.3 is 10.2 Å². The Morgan fingerprint density at radius 1 is 1.41 bits per heavy atom. The van der Waals surface area contributed by atoms with E-state index < -0.39 is 0 Å². The molecule has 0 saturated heterocycles. The summed E-state index contributed by atoms with van der Waals surface area (Å²) in [7, 11) is 0. The van der Waals surface area contributed by atoms with Crippen molar-refractivity contribution in [1.82, 2.24) is 24.6 Å². The fraction of sp³-hybridized carbons (Fsp3) is 0.818. The van der Waals surface area contributed by atoms with E-state index in [1.54, 1.807) is 9.25 Å². The number of hydrogen-bond donors (Lipinski definition) is 1. The Bertz CT molecular complexity index is 418. The van der Waals surface area contributed by atoms with Crippen molar-refractivity contribution >= 4 is 0 Å². The van der Waals surface area contributed by atoms with Crippen LogP contribution in [0.1, 0.15) is 19.7 Å². The molecule has 1 aromatic heterocycles. The zero-order chi connectivity index (χ0) is 12.3. The van der Waals surface area contributed by atoms with Gasteiger partial charge in [-0.05, 0) is 13.1 Å². The molecule has 0 aliphatic carbocycles. The fourth-order valence-corrected chi connectivity index (χ4v) is 2.15. The lowest BCUT2D eigenvalue weighted by Gasteiger charge is -2.16. The molecule has 17 heavy (non-hydrogen) atoms. The minimum Gasteiger partial charge on any atom is -0.308 e. The summed E-state index contributed by atoms with van der Waals surface area (Å²) in [6.45, 7) is 10.2. The van der Waals surface area contributed by atoms with Crippen LogP contribution in [0.2, 0.25) is 0 Å². The normalized spacial score (nSPS) is 15.2. The van der Waals surface area contributed by atoms with Gasteiger partial charge in [-0.2, -0.15) is 5.10 Å². The lowest BCUT2D eigenvalue weighted by molar-refractivity contribution is 0.283. The molecular weight excluding hydrogens is 218 g/mol. The molecule has 0 saturated carbocycles. The van der Waals surface area contributed by atoms with Crippen LogP contribution in [0.5, 0.6) is 0 Å². The van der Waals surface area contributed by atoms with Gasteiger partial charge in [0.25, 0.3) is 0 Å². The molecule has 0 fully saturated rings. The van der Waals surface area contributed by atoms with Gasteiger partial charge >= 0.3 is 5.69 Å². The molecule has 6 nitrogen and oxygen atoms in total. The number of nitrogens with zero attached hydrogens (tertiary/aromatic N) is 4. The fourth-order valence-electron chi connectivity index (χ4n) is 2.15. The van der Waals surface area contributed by atoms with Gasteiger partial charge in [0.2, 0.25) is 0 Å². The molecule has 2 rings (SSSR count). The van der Waals surface area contributed by atoms with Crippen LogP contribution in [0.15, 0.2) is 4.79 Å². The second kappa shape index (κ2) is 5.46. The topological polar surface area (TPSA) is 55.1 Å². The molecule has 1 N–H and O–H groups in total. The minimum absolute atomic E-state index is 0.0358. The highest BCUT2D eigenvalue weighted by molar-refractivity contribution is 4.90. The van der Waals surface area contributed by atoms with Crippen LogP contribution in [0.3, 0.4) is 0 Å². The minimum atomic E-state index is 0.0358. The average Bonchev–Trinajstić information content (AvgIpc) is 2.68. The maximum Gasteiger partial charge on any atom is 0.346 e. The Kier molecular flexibility index (Phi) is 3.96. The van der Waals surface area contributed by atoms with Crippen molar-refractivity contribution in [2.24, 2.45) is 0 Å². The van der Waals surface area contributed by atoms with E-state index in [9.17, 15) is 4.79 Å². The van der Waals surface area contributed by atoms with Crippen LogP contribution in [0, 0.1) is 0 Å². The predicted octanol–water partition coefficient (Wildman–Crippen LogP) is -0.510. The number of rotatable bonds is 5. The van der Waals surface area contributed by atoms with Gasteiger partial charge in [-0.25, -0.2) is 9.48 Å². The maximum absolute atomic E-state index is 12.0. The molecule has 96 valence electrons. The second-order valence-corrected chi connectivity index (χ2v) is 4.28. The van der Waals surface area contributed by atoms with Crippen LogP contribution in [-0.2, 0) is 19.6 Å². The van der Waals surface area contributed by atoms with Crippen molar-refractivity contribution in [3.05, 3.63) is 16.3 Å². The molecule has 0 radical (unpaired) electrons. The summed E-state index contributed by atoms with van der Waals surface area (Å²) in [6, 6.07) is 0. The number of hydrogen-bond acceptors (Lipinski definition) is 4. The first-order valence-corrected chi connectivity index (χ1v) is 6.35. The summed E-state index contributed by atoms with van der Waals surface area (Å²) >= 11 is 0. The molecule has 1 aromatic rings. The molecular formula is C11H21N5O. The van der Waals surface area contributed by atoms with E-state index in [1.165, 1.54) is 0 Å². The third-order valence-corrected chi connectivity index (χ3v) is 3.32. The molecule has 1 aliphatic heterocycles. The molecule has 1 aliphatic rings. The second-order valence-electron chi connectivity index (χ2n) is 4.28. The van der Waals surface area contributed by atoms with Crippen LogP contribution in [0.25, 0.3) is 0 Å². The molecule has 0 atom stereocenters. The van der Waals surface area contributed by atoms with Crippen molar-refractivity contribution in [3.8, 4) is 0 Å². The molecule has 0 unspecified atom stereocenters. The summed E-state index contributed by atoms with van der Waals surface area (Å²) in [5.74, 6) is 0.862. The van der Waals surface area contributed by atoms with Crippen molar-refractivity contribution in [2.45, 2.75) is 33.5 Å². The van der Waals surface area contributed by atoms with E-state index in [4.69, 9.17) is 0 Å². The number of nitrogens with one attached hydrogen (secondary N) is 1. The number of fused-ring (bicyclic) bond motifs is 1. The third-order valence-electron chi connectivity index (χ3n) is 3.32. The standard InChI is InChI=1S/C11H21N5O/c1-3-14(4-2)7-8-16-11(17)15-6-5-12-9-10(15)13-16/h12H,3-9H2,1-2H3. The van der Waals surface area contributed by atoms with Crippen LogP contribution in [0.4, 0.5) is 0 Å². The lowest BCUT2D eigenvalue weighted by atomic mass is 10.4. The Balaban J connectivity index is 2.06. The molecule has 0 spiro atoms. The van der Waals surface area contributed by atoms with Gasteiger partial charge in [-0.3, -0.25) is 4.57 Å². The van der Waals surface area contributed by atoms with Gasteiger partial charge in [0, 0.05) is 19.6 Å². The first-order chi connectivity index (χ1) is 8.26. The van der Waals surface area contributed by atoms with Gasteiger partial charge in [-0.1, -0.05) is 13.8 Å². The Morgan fingerprint density at radius 2 is 2.18 bits per heavy atom. The van der Waals surface area contributed by atoms with E-state index in [0.717, 1.165) is 38.5 Å². The van der Waals surface area contributed by atoms with Crippen molar-refractivity contribution in [3.63, 3.8) is 0 Å². The molecule has 2 heterocycles. The van der Waals surface area contributed by atoms with Crippen LogP contribution in [-0.4, -0.2) is 45.4 Å². The number of aromatic nitrogens is 3. The first-order valence-electron chi connectivity index (χ1n) is 6.35. The van der Waals surface area contributed by atoms with Gasteiger partial charge in [0.15, 0.2) is 0 Å². The van der Waals surface area contributed by atoms with E-state index >= 15 is 0 Å². The van der Waals surface area contributed by atoms with Gasteiger partial charge in [-0.15, -0.1) is 0 Å². The highest BCUT2D eigenvalue weighted by Gasteiger charge is 2.16. The quantitative estimate of drug-likeness (QED) is 0.752. The zero-order valence-corrected chi connectivity index (χ0v) is 10.6. The van der Waals surface area contributed by atoms with Crippen molar-refractivity contribution in [2.75, 3.05) is 26.2 Å². The maximum atomic E-state index is 12.0. The highest BCUT2D eigenvalue weighted by atomic mass is 16.2. The lowest BCUT2D eigenvalue weighted by Crippen LogP contribution is -2.35. The summed E-state index contributed by atoms with van der Waals surface area (Å²) in [5, 5.41) is 7.59. The van der Waals surface area contributed by atoms with Gasteiger partial charge in [0.05, 0.1) is 13.1 Å². The van der Waals surface area contributed by atoms with Crippen LogP contribution < -0.4 is 11.0 Å². The number of likely N-dealkylation sites (N-methyl/N-ethyl adjacent to an activating group) is 1. The van der Waals surface area contributed by atoms with Crippen LogP contribution >= 0.6 is 0 Å². The highest BCUT2D eigenvalue weighted by Crippen LogP contribution is 1.98. The summed E-state index contributed by atoms with van der Waals surface area (Å²) in [4.78, 5) is 14.3. The smallest absolute Gasteiger partial charge is 0.308 e. The predicted molar refractivity (Wildman–Crippen MR) is 66.0 cm³/mol. The summed E-state index contributed by atoms with van der Waals surface area (Å²) in [5.41, 5.74) is 0.0358. The first kappa shape index (κ1) is 12.3. The molecule has 0 aromatic carbocycles. The van der Waals surface area contributed by atoms with Crippen molar-refractivity contribution < 1.29 is 0 Å². The summed E-state index contributed by atoms with van der Waals surface area (Å²) in [6.07, 6.45) is 0. The largest absolute Gasteiger partial charge is 0.346 e. The molecule has 0 bridgehead atoms. The molecule has 6 heteroatoms. The Hall–Kier alpha value is -1.14. The third kappa shape index (κ3) is 2.58. The van der Waals surface area contributed by atoms with E-state index in [2.05, 4.69) is 29.2 Å². The van der Waals surface area contributed by atoms with E-state index in [1.807, 2.05) is 0 Å². The van der Waals surface area contributed by atoms with E-state index in [0.29, 0.717) is 13.1 Å². The summed E-state index contributed by atoms with van der Waals surface area (Å²) < 4.78 is 3.37. The van der Waals surface area contributed by atoms with E-state index in [-0.39, 0.29) is 5.69 Å². The monoisotopic (exact) mass is 239 g/mol. The molecule has 0 amide bonds. The van der Waals surface area contributed by atoms with Crippen molar-refractivity contribution in [1.29, 1.82) is 0 Å². The van der Waals surface area contributed by atoms with Gasteiger partial charge in [0.1, 0.15) is 5.82 Å². The zero-order valence-electron chi connectivity index (χ0n) is 10.6. The SMILES string of the molecule is CCN(CC)CCn1nc2n(c1=O)CCNC2. The Labute approximate surface area is 101 Å².